The number of methoxy groups -OCH3 is 1. The molecule has 0 fully saturated rings. The summed E-state index contributed by atoms with van der Waals surface area (Å²) >= 11 is 1.46. The molecule has 1 aromatic rings. The van der Waals surface area contributed by atoms with E-state index in [1.54, 1.807) is 14.2 Å². The smallest absolute Gasteiger partial charge is 0.256 e. The number of rotatable bonds is 5. The molecule has 0 saturated heterocycles. The first-order valence-corrected chi connectivity index (χ1v) is 5.73. The van der Waals surface area contributed by atoms with Crippen LogP contribution in [-0.2, 0) is 9.63 Å². The first-order valence-electron chi connectivity index (χ1n) is 4.75. The average Bonchev–Trinajstić information content (AvgIpc) is 2.35. The monoisotopic (exact) mass is 241 g/mol. The fraction of sp³-hybridized carbons (Fsp3) is 0.364. The molecule has 0 radical (unpaired) electrons. The van der Waals surface area contributed by atoms with Crippen LogP contribution in [0.25, 0.3) is 0 Å². The average molecular weight is 241 g/mol. The molecular formula is C11H15NO3S. The summed E-state index contributed by atoms with van der Waals surface area (Å²) in [7, 11) is 4.69. The van der Waals surface area contributed by atoms with E-state index in [1.807, 2.05) is 24.3 Å². The third-order valence-corrected chi connectivity index (χ3v) is 3.04. The van der Waals surface area contributed by atoms with Crippen LogP contribution in [0.2, 0.25) is 0 Å². The van der Waals surface area contributed by atoms with E-state index in [0.29, 0.717) is 5.75 Å². The van der Waals surface area contributed by atoms with Crippen LogP contribution in [0.1, 0.15) is 0 Å². The summed E-state index contributed by atoms with van der Waals surface area (Å²) in [5, 5.41) is 1.22. The number of amides is 1. The molecule has 1 amide bonds. The van der Waals surface area contributed by atoms with Gasteiger partial charge in [-0.1, -0.05) is 0 Å². The molecule has 5 heteroatoms. The van der Waals surface area contributed by atoms with Crippen molar-refractivity contribution in [2.45, 2.75) is 4.90 Å². The maximum atomic E-state index is 11.4. The number of hydrogen-bond acceptors (Lipinski definition) is 4. The van der Waals surface area contributed by atoms with Crippen LogP contribution in [0, 0.1) is 0 Å². The van der Waals surface area contributed by atoms with Crippen molar-refractivity contribution >= 4 is 17.7 Å². The summed E-state index contributed by atoms with van der Waals surface area (Å²) in [6, 6.07) is 7.58. The fourth-order valence-electron chi connectivity index (χ4n) is 1.01. The van der Waals surface area contributed by atoms with Crippen molar-refractivity contribution in [1.82, 2.24) is 5.06 Å². The standard InChI is InChI=1S/C11H15NO3S/c1-12(15-3)11(13)8-16-10-6-4-9(14-2)5-7-10/h4-7H,8H2,1-3H3. The first kappa shape index (κ1) is 12.9. The van der Waals surface area contributed by atoms with Gasteiger partial charge in [-0.05, 0) is 24.3 Å². The summed E-state index contributed by atoms with van der Waals surface area (Å²) in [5.74, 6) is 1.10. The Kier molecular flexibility index (Phi) is 5.14. The summed E-state index contributed by atoms with van der Waals surface area (Å²) in [5.41, 5.74) is 0. The molecule has 0 heterocycles. The molecule has 0 spiro atoms. The van der Waals surface area contributed by atoms with Gasteiger partial charge >= 0.3 is 0 Å². The molecule has 0 N–H and O–H groups in total. The van der Waals surface area contributed by atoms with Crippen LogP contribution in [-0.4, -0.2) is 38.0 Å². The maximum Gasteiger partial charge on any atom is 0.256 e. The molecule has 0 aliphatic carbocycles. The zero-order valence-electron chi connectivity index (χ0n) is 9.60. The lowest BCUT2D eigenvalue weighted by atomic mass is 10.3. The van der Waals surface area contributed by atoms with Crippen LogP contribution in [0.4, 0.5) is 0 Å². The molecule has 0 aliphatic rings. The van der Waals surface area contributed by atoms with Gasteiger partial charge in [0, 0.05) is 11.9 Å². The van der Waals surface area contributed by atoms with Crippen molar-refractivity contribution < 1.29 is 14.4 Å². The van der Waals surface area contributed by atoms with Crippen molar-refractivity contribution in [2.24, 2.45) is 0 Å². The van der Waals surface area contributed by atoms with Crippen molar-refractivity contribution in [2.75, 3.05) is 27.0 Å². The van der Waals surface area contributed by atoms with Gasteiger partial charge in [-0.3, -0.25) is 9.63 Å². The number of carbonyl (C=O) groups excluding carboxylic acids is 1. The SMILES string of the molecule is COc1ccc(SCC(=O)N(C)OC)cc1. The largest absolute Gasteiger partial charge is 0.497 e. The van der Waals surface area contributed by atoms with E-state index in [9.17, 15) is 4.79 Å². The van der Waals surface area contributed by atoms with E-state index in [1.165, 1.54) is 23.9 Å². The minimum atomic E-state index is -0.0664. The lowest BCUT2D eigenvalue weighted by Gasteiger charge is -2.12. The molecule has 16 heavy (non-hydrogen) atoms. The summed E-state index contributed by atoms with van der Waals surface area (Å²) in [6.45, 7) is 0. The van der Waals surface area contributed by atoms with Crippen LogP contribution in [0.5, 0.6) is 5.75 Å². The van der Waals surface area contributed by atoms with Crippen LogP contribution < -0.4 is 4.74 Å². The molecule has 0 bridgehead atoms. The number of hydrogen-bond donors (Lipinski definition) is 0. The maximum absolute atomic E-state index is 11.4. The Morgan fingerprint density at radius 3 is 2.44 bits per heavy atom. The molecule has 0 atom stereocenters. The summed E-state index contributed by atoms with van der Waals surface area (Å²) < 4.78 is 5.05. The Morgan fingerprint density at radius 1 is 1.31 bits per heavy atom. The number of thioether (sulfide) groups is 1. The number of hydroxylamine groups is 2. The predicted octanol–water partition coefficient (Wildman–Crippen LogP) is 1.81. The highest BCUT2D eigenvalue weighted by Gasteiger charge is 2.08. The molecule has 88 valence electrons. The third kappa shape index (κ3) is 3.75. The van der Waals surface area contributed by atoms with E-state index in [-0.39, 0.29) is 5.91 Å². The van der Waals surface area contributed by atoms with Crippen LogP contribution in [0.3, 0.4) is 0 Å². The highest BCUT2D eigenvalue weighted by Crippen LogP contribution is 2.21. The summed E-state index contributed by atoms with van der Waals surface area (Å²) in [6.07, 6.45) is 0. The van der Waals surface area contributed by atoms with Crippen LogP contribution >= 0.6 is 11.8 Å². The van der Waals surface area contributed by atoms with Gasteiger partial charge in [0.1, 0.15) is 5.75 Å². The van der Waals surface area contributed by atoms with Crippen molar-refractivity contribution in [3.05, 3.63) is 24.3 Å². The second-order valence-corrected chi connectivity index (χ2v) is 4.09. The highest BCUT2D eigenvalue weighted by molar-refractivity contribution is 8.00. The topological polar surface area (TPSA) is 38.8 Å². The Hall–Kier alpha value is -1.20. The summed E-state index contributed by atoms with van der Waals surface area (Å²) in [4.78, 5) is 17.2. The molecule has 0 saturated carbocycles. The van der Waals surface area contributed by atoms with Crippen molar-refractivity contribution in [1.29, 1.82) is 0 Å². The number of benzene rings is 1. The highest BCUT2D eigenvalue weighted by atomic mass is 32.2. The molecule has 4 nitrogen and oxygen atoms in total. The lowest BCUT2D eigenvalue weighted by molar-refractivity contribution is -0.165. The first-order chi connectivity index (χ1) is 7.67. The molecule has 1 aromatic carbocycles. The van der Waals surface area contributed by atoms with Gasteiger partial charge < -0.3 is 4.74 Å². The predicted molar refractivity (Wildman–Crippen MR) is 63.5 cm³/mol. The minimum absolute atomic E-state index is 0.0664. The van der Waals surface area contributed by atoms with E-state index in [4.69, 9.17) is 9.57 Å². The molecular weight excluding hydrogens is 226 g/mol. The molecule has 0 aromatic heterocycles. The quantitative estimate of drug-likeness (QED) is 0.582. The zero-order valence-corrected chi connectivity index (χ0v) is 10.4. The normalized spacial score (nSPS) is 9.94. The van der Waals surface area contributed by atoms with E-state index in [0.717, 1.165) is 10.6 Å². The second-order valence-electron chi connectivity index (χ2n) is 3.04. The Morgan fingerprint density at radius 2 is 1.94 bits per heavy atom. The Labute approximate surface area is 99.5 Å². The van der Waals surface area contributed by atoms with Crippen LogP contribution in [0.15, 0.2) is 29.2 Å². The van der Waals surface area contributed by atoms with Gasteiger partial charge in [-0.15, -0.1) is 11.8 Å². The Balaban J connectivity index is 2.45. The molecule has 1 rings (SSSR count). The van der Waals surface area contributed by atoms with Gasteiger partial charge in [-0.2, -0.15) is 0 Å². The fourth-order valence-corrected chi connectivity index (χ4v) is 1.81. The van der Waals surface area contributed by atoms with E-state index < -0.39 is 0 Å². The van der Waals surface area contributed by atoms with Crippen molar-refractivity contribution in [3.63, 3.8) is 0 Å². The van der Waals surface area contributed by atoms with Crippen molar-refractivity contribution in [3.8, 4) is 5.75 Å². The Bertz CT molecular complexity index is 340. The van der Waals surface area contributed by atoms with E-state index >= 15 is 0 Å². The minimum Gasteiger partial charge on any atom is -0.497 e. The van der Waals surface area contributed by atoms with Gasteiger partial charge in [-0.25, -0.2) is 5.06 Å². The second kappa shape index (κ2) is 6.40. The van der Waals surface area contributed by atoms with Gasteiger partial charge in [0.15, 0.2) is 0 Å². The van der Waals surface area contributed by atoms with Gasteiger partial charge in [0.05, 0.1) is 20.0 Å². The number of carbonyl (C=O) groups is 1. The zero-order chi connectivity index (χ0) is 12.0. The lowest BCUT2D eigenvalue weighted by Crippen LogP contribution is -2.26. The third-order valence-electron chi connectivity index (χ3n) is 2.05. The number of nitrogens with zero attached hydrogens (tertiary/aromatic N) is 1. The molecule has 0 unspecified atom stereocenters. The van der Waals surface area contributed by atoms with E-state index in [2.05, 4.69) is 0 Å². The van der Waals surface area contributed by atoms with Gasteiger partial charge in [0.2, 0.25) is 0 Å². The van der Waals surface area contributed by atoms with Gasteiger partial charge in [0.25, 0.3) is 5.91 Å². The number of ether oxygens (including phenoxy) is 1. The molecule has 0 aliphatic heterocycles.